The van der Waals surface area contributed by atoms with Crippen molar-refractivity contribution >= 4 is 17.2 Å². The zero-order valence-electron chi connectivity index (χ0n) is 15.8. The van der Waals surface area contributed by atoms with Gasteiger partial charge < -0.3 is 10.6 Å². The van der Waals surface area contributed by atoms with E-state index in [1.807, 2.05) is 17.5 Å². The Morgan fingerprint density at radius 2 is 1.86 bits per heavy atom. The van der Waals surface area contributed by atoms with Gasteiger partial charge in [0.15, 0.2) is 0 Å². The molecule has 1 aliphatic carbocycles. The highest BCUT2D eigenvalue weighted by Crippen LogP contribution is 2.52. The minimum absolute atomic E-state index is 0.110. The second-order valence-electron chi connectivity index (χ2n) is 7.87. The lowest BCUT2D eigenvalue weighted by molar-refractivity contribution is -0.123. The van der Waals surface area contributed by atoms with Gasteiger partial charge in [-0.05, 0) is 53.9 Å². The molecule has 1 aliphatic heterocycles. The van der Waals surface area contributed by atoms with Gasteiger partial charge in [-0.15, -0.1) is 11.3 Å². The fourth-order valence-electron chi connectivity index (χ4n) is 5.27. The molecular formula is C24H24N2OS. The summed E-state index contributed by atoms with van der Waals surface area (Å²) in [6.45, 7) is 0.950. The van der Waals surface area contributed by atoms with Gasteiger partial charge >= 0.3 is 0 Å². The largest absolute Gasteiger partial charge is 0.347 e. The lowest BCUT2D eigenvalue weighted by Gasteiger charge is -2.51. The molecule has 5 rings (SSSR count). The molecule has 2 aromatic carbocycles. The molecule has 3 aromatic rings. The monoisotopic (exact) mass is 388 g/mol. The Morgan fingerprint density at radius 3 is 2.68 bits per heavy atom. The van der Waals surface area contributed by atoms with Crippen molar-refractivity contribution in [2.75, 3.05) is 6.54 Å². The zero-order valence-corrected chi connectivity index (χ0v) is 16.6. The van der Waals surface area contributed by atoms with E-state index in [0.717, 1.165) is 30.7 Å². The van der Waals surface area contributed by atoms with Gasteiger partial charge in [0.2, 0.25) is 5.91 Å². The first-order chi connectivity index (χ1) is 13.7. The minimum atomic E-state index is -0.381. The van der Waals surface area contributed by atoms with Gasteiger partial charge in [-0.25, -0.2) is 0 Å². The van der Waals surface area contributed by atoms with Gasteiger partial charge in [0.1, 0.15) is 0 Å². The van der Waals surface area contributed by atoms with E-state index in [2.05, 4.69) is 65.2 Å². The normalized spacial score (nSPS) is 25.7. The van der Waals surface area contributed by atoms with Crippen molar-refractivity contribution in [3.05, 3.63) is 93.7 Å². The molecule has 2 atom stereocenters. The number of amides is 1. The SMILES string of the molecule is O=C(Cc1cccs1)N[C@@]12CCCN[C@]1(c1ccccc1)c1ccccc1C2. The molecule has 1 amide bonds. The molecule has 2 aliphatic rings. The highest BCUT2D eigenvalue weighted by molar-refractivity contribution is 7.10. The van der Waals surface area contributed by atoms with Crippen LogP contribution in [0.1, 0.15) is 34.4 Å². The third-order valence-corrected chi connectivity index (χ3v) is 7.18. The topological polar surface area (TPSA) is 41.1 Å². The number of piperidine rings is 1. The molecule has 2 heterocycles. The van der Waals surface area contributed by atoms with Crippen molar-refractivity contribution < 1.29 is 4.79 Å². The van der Waals surface area contributed by atoms with Crippen LogP contribution in [0.2, 0.25) is 0 Å². The summed E-state index contributed by atoms with van der Waals surface area (Å²) in [6.07, 6.45) is 3.34. The number of benzene rings is 2. The third-order valence-electron chi connectivity index (χ3n) is 6.30. The quantitative estimate of drug-likeness (QED) is 0.709. The van der Waals surface area contributed by atoms with Crippen molar-refractivity contribution in [2.45, 2.75) is 36.8 Å². The summed E-state index contributed by atoms with van der Waals surface area (Å²) in [5.74, 6) is 0.110. The summed E-state index contributed by atoms with van der Waals surface area (Å²) in [7, 11) is 0. The Morgan fingerprint density at radius 1 is 1.04 bits per heavy atom. The smallest absolute Gasteiger partial charge is 0.225 e. The van der Waals surface area contributed by atoms with Crippen LogP contribution in [-0.4, -0.2) is 18.0 Å². The van der Waals surface area contributed by atoms with E-state index in [-0.39, 0.29) is 17.0 Å². The van der Waals surface area contributed by atoms with Gasteiger partial charge in [-0.1, -0.05) is 60.7 Å². The van der Waals surface area contributed by atoms with Crippen LogP contribution < -0.4 is 10.6 Å². The van der Waals surface area contributed by atoms with Gasteiger partial charge in [0, 0.05) is 4.88 Å². The van der Waals surface area contributed by atoms with E-state index in [4.69, 9.17) is 0 Å². The maximum absolute atomic E-state index is 13.1. The molecule has 0 bridgehead atoms. The van der Waals surface area contributed by atoms with Crippen LogP contribution in [0.15, 0.2) is 72.1 Å². The van der Waals surface area contributed by atoms with Crippen LogP contribution in [-0.2, 0) is 23.2 Å². The highest BCUT2D eigenvalue weighted by Gasteiger charge is 2.60. The summed E-state index contributed by atoms with van der Waals surface area (Å²) in [5, 5.41) is 9.41. The molecule has 28 heavy (non-hydrogen) atoms. The summed E-state index contributed by atoms with van der Waals surface area (Å²) in [5.41, 5.74) is 3.14. The first-order valence-corrected chi connectivity index (χ1v) is 10.8. The standard InChI is InChI=1S/C24H24N2OS/c27-22(16-20-11-6-15-28-20)26-23-13-7-14-25-24(23,19-9-2-1-3-10-19)21-12-5-4-8-18(21)17-23/h1-6,8-12,15,25H,7,13-14,16-17H2,(H,26,27)/t23-,24-/m1/s1. The maximum atomic E-state index is 13.1. The molecule has 142 valence electrons. The second-order valence-corrected chi connectivity index (χ2v) is 8.90. The van der Waals surface area contributed by atoms with Gasteiger partial charge in [0.25, 0.3) is 0 Å². The lowest BCUT2D eigenvalue weighted by atomic mass is 9.67. The fraction of sp³-hybridized carbons (Fsp3) is 0.292. The first kappa shape index (κ1) is 17.7. The summed E-state index contributed by atoms with van der Waals surface area (Å²) >= 11 is 1.64. The van der Waals surface area contributed by atoms with Crippen molar-refractivity contribution in [1.82, 2.24) is 10.6 Å². The lowest BCUT2D eigenvalue weighted by Crippen LogP contribution is -2.69. The van der Waals surface area contributed by atoms with Crippen molar-refractivity contribution in [3.8, 4) is 0 Å². The predicted octanol–water partition coefficient (Wildman–Crippen LogP) is 4.03. The summed E-state index contributed by atoms with van der Waals surface area (Å²) < 4.78 is 0. The average Bonchev–Trinajstić information content (AvgIpc) is 3.32. The van der Waals surface area contributed by atoms with E-state index < -0.39 is 0 Å². The fourth-order valence-corrected chi connectivity index (χ4v) is 5.97. The Hall–Kier alpha value is -2.43. The van der Waals surface area contributed by atoms with Crippen molar-refractivity contribution in [1.29, 1.82) is 0 Å². The number of thiophene rings is 1. The average molecular weight is 389 g/mol. The molecule has 0 spiro atoms. The van der Waals surface area contributed by atoms with Crippen LogP contribution in [0.3, 0.4) is 0 Å². The molecular weight excluding hydrogens is 364 g/mol. The second kappa shape index (κ2) is 6.87. The van der Waals surface area contributed by atoms with E-state index in [1.165, 1.54) is 16.7 Å². The summed E-state index contributed by atoms with van der Waals surface area (Å²) in [6, 6.07) is 23.4. The molecule has 4 heteroatoms. The predicted molar refractivity (Wildman–Crippen MR) is 114 cm³/mol. The molecule has 0 unspecified atom stereocenters. The number of fused-ring (bicyclic) bond motifs is 3. The number of carbonyl (C=O) groups excluding carboxylic acids is 1. The van der Waals surface area contributed by atoms with Crippen LogP contribution >= 0.6 is 11.3 Å². The van der Waals surface area contributed by atoms with Crippen molar-refractivity contribution in [3.63, 3.8) is 0 Å². The van der Waals surface area contributed by atoms with E-state index in [9.17, 15) is 4.79 Å². The molecule has 1 fully saturated rings. The van der Waals surface area contributed by atoms with Crippen molar-refractivity contribution in [2.24, 2.45) is 0 Å². The van der Waals surface area contributed by atoms with E-state index in [1.54, 1.807) is 11.3 Å². The van der Waals surface area contributed by atoms with Crippen LogP contribution in [0.25, 0.3) is 0 Å². The third kappa shape index (κ3) is 2.63. The Balaban J connectivity index is 1.61. The number of carbonyl (C=O) groups is 1. The van der Waals surface area contributed by atoms with E-state index >= 15 is 0 Å². The molecule has 3 nitrogen and oxygen atoms in total. The number of nitrogens with one attached hydrogen (secondary N) is 2. The maximum Gasteiger partial charge on any atom is 0.225 e. The van der Waals surface area contributed by atoms with Crippen LogP contribution in [0, 0.1) is 0 Å². The molecule has 0 saturated carbocycles. The molecule has 1 aromatic heterocycles. The highest BCUT2D eigenvalue weighted by atomic mass is 32.1. The van der Waals surface area contributed by atoms with Gasteiger partial charge in [-0.3, -0.25) is 4.79 Å². The Kier molecular flexibility index (Phi) is 4.33. The minimum Gasteiger partial charge on any atom is -0.347 e. The van der Waals surface area contributed by atoms with E-state index in [0.29, 0.717) is 6.42 Å². The first-order valence-electron chi connectivity index (χ1n) is 9.96. The Labute approximate surface area is 169 Å². The number of rotatable bonds is 4. The molecule has 2 N–H and O–H groups in total. The number of hydrogen-bond donors (Lipinski definition) is 2. The van der Waals surface area contributed by atoms with Crippen LogP contribution in [0.4, 0.5) is 0 Å². The summed E-state index contributed by atoms with van der Waals surface area (Å²) in [4.78, 5) is 14.2. The zero-order chi connectivity index (χ0) is 19.0. The van der Waals surface area contributed by atoms with Gasteiger partial charge in [0.05, 0.1) is 17.5 Å². The Bertz CT molecular complexity index is 985. The molecule has 0 radical (unpaired) electrons. The van der Waals surface area contributed by atoms with Gasteiger partial charge in [-0.2, -0.15) is 0 Å². The molecule has 1 saturated heterocycles. The number of hydrogen-bond acceptors (Lipinski definition) is 3. The van der Waals surface area contributed by atoms with Crippen LogP contribution in [0.5, 0.6) is 0 Å².